The maximum atomic E-state index is 12.3. The standard InChI is InChI=1S/C10H14F4O2/c1-7(2)3-4-8(15)5-16-6-10(13,14)9(11)12/h9H,1,3-6H2,2H3. The summed E-state index contributed by atoms with van der Waals surface area (Å²) in [5.74, 6) is -4.61. The highest BCUT2D eigenvalue weighted by Gasteiger charge is 2.41. The first-order valence-electron chi connectivity index (χ1n) is 4.65. The van der Waals surface area contributed by atoms with Crippen molar-refractivity contribution in [1.82, 2.24) is 0 Å². The summed E-state index contributed by atoms with van der Waals surface area (Å²) >= 11 is 0. The van der Waals surface area contributed by atoms with Gasteiger partial charge in [0.2, 0.25) is 0 Å². The van der Waals surface area contributed by atoms with E-state index in [4.69, 9.17) is 0 Å². The van der Waals surface area contributed by atoms with Crippen LogP contribution >= 0.6 is 0 Å². The number of hydrogen-bond donors (Lipinski definition) is 0. The summed E-state index contributed by atoms with van der Waals surface area (Å²) in [7, 11) is 0. The van der Waals surface area contributed by atoms with E-state index in [2.05, 4.69) is 11.3 Å². The molecule has 0 radical (unpaired) electrons. The first kappa shape index (κ1) is 15.1. The zero-order valence-electron chi connectivity index (χ0n) is 8.94. The van der Waals surface area contributed by atoms with Crippen molar-refractivity contribution in [3.8, 4) is 0 Å². The Morgan fingerprint density at radius 3 is 2.38 bits per heavy atom. The summed E-state index contributed by atoms with van der Waals surface area (Å²) in [6.45, 7) is 3.26. The fraction of sp³-hybridized carbons (Fsp3) is 0.700. The van der Waals surface area contributed by atoms with E-state index in [1.165, 1.54) is 0 Å². The van der Waals surface area contributed by atoms with Crippen molar-refractivity contribution in [3.05, 3.63) is 12.2 Å². The van der Waals surface area contributed by atoms with Gasteiger partial charge in [-0.05, 0) is 13.3 Å². The normalized spacial score (nSPS) is 11.9. The van der Waals surface area contributed by atoms with Crippen molar-refractivity contribution < 1.29 is 27.1 Å². The van der Waals surface area contributed by atoms with Crippen LogP contribution in [0, 0.1) is 0 Å². The number of rotatable bonds is 8. The molecule has 0 spiro atoms. The molecule has 2 nitrogen and oxygen atoms in total. The highest BCUT2D eigenvalue weighted by molar-refractivity contribution is 5.79. The number of hydrogen-bond acceptors (Lipinski definition) is 2. The van der Waals surface area contributed by atoms with Gasteiger partial charge in [-0.1, -0.05) is 5.57 Å². The van der Waals surface area contributed by atoms with Crippen LogP contribution in [0.4, 0.5) is 17.6 Å². The van der Waals surface area contributed by atoms with E-state index in [9.17, 15) is 22.4 Å². The van der Waals surface area contributed by atoms with Crippen LogP contribution < -0.4 is 0 Å². The Kier molecular flexibility index (Phi) is 6.25. The minimum absolute atomic E-state index is 0.121. The highest BCUT2D eigenvalue weighted by atomic mass is 19.3. The van der Waals surface area contributed by atoms with Crippen LogP contribution in [0.3, 0.4) is 0 Å². The Balaban J connectivity index is 3.74. The third-order valence-corrected chi connectivity index (χ3v) is 1.71. The molecule has 0 aliphatic carbocycles. The van der Waals surface area contributed by atoms with Crippen molar-refractivity contribution in [2.45, 2.75) is 32.1 Å². The number of ketones is 1. The number of carbonyl (C=O) groups excluding carboxylic acids is 1. The van der Waals surface area contributed by atoms with Gasteiger partial charge < -0.3 is 4.74 Å². The number of Topliss-reactive ketones (excluding diaryl/α,β-unsaturated/α-hetero) is 1. The highest BCUT2D eigenvalue weighted by Crippen LogP contribution is 2.22. The minimum atomic E-state index is -4.20. The summed E-state index contributed by atoms with van der Waals surface area (Å²) in [6, 6.07) is 0. The predicted molar refractivity (Wildman–Crippen MR) is 50.8 cm³/mol. The van der Waals surface area contributed by atoms with E-state index in [1.54, 1.807) is 6.92 Å². The smallest absolute Gasteiger partial charge is 0.330 e. The van der Waals surface area contributed by atoms with Crippen LogP contribution in [0.2, 0.25) is 0 Å². The minimum Gasteiger partial charge on any atom is -0.367 e. The van der Waals surface area contributed by atoms with Crippen LogP contribution in [-0.4, -0.2) is 31.3 Å². The van der Waals surface area contributed by atoms with Gasteiger partial charge in [0.1, 0.15) is 13.2 Å². The molecule has 0 unspecified atom stereocenters. The largest absolute Gasteiger partial charge is 0.367 e. The van der Waals surface area contributed by atoms with Gasteiger partial charge in [-0.3, -0.25) is 4.79 Å². The first-order chi connectivity index (χ1) is 7.25. The second-order valence-electron chi connectivity index (χ2n) is 3.55. The van der Waals surface area contributed by atoms with Crippen molar-refractivity contribution >= 4 is 5.78 Å². The Hall–Kier alpha value is -0.910. The summed E-state index contributed by atoms with van der Waals surface area (Å²) in [5, 5.41) is 0. The lowest BCUT2D eigenvalue weighted by atomic mass is 10.1. The molecular formula is C10H14F4O2. The van der Waals surface area contributed by atoms with Crippen LogP contribution in [0.15, 0.2) is 12.2 Å². The Morgan fingerprint density at radius 2 is 1.94 bits per heavy atom. The number of halogens is 4. The lowest BCUT2D eigenvalue weighted by Crippen LogP contribution is -2.33. The van der Waals surface area contributed by atoms with E-state index in [0.29, 0.717) is 6.42 Å². The van der Waals surface area contributed by atoms with Gasteiger partial charge in [0.25, 0.3) is 0 Å². The van der Waals surface area contributed by atoms with E-state index in [-0.39, 0.29) is 6.42 Å². The van der Waals surface area contributed by atoms with Crippen LogP contribution in [0.25, 0.3) is 0 Å². The molecule has 0 saturated carbocycles. The van der Waals surface area contributed by atoms with Crippen molar-refractivity contribution in [2.24, 2.45) is 0 Å². The van der Waals surface area contributed by atoms with Crippen LogP contribution in [0.5, 0.6) is 0 Å². The third-order valence-electron chi connectivity index (χ3n) is 1.71. The number of alkyl halides is 4. The van der Waals surface area contributed by atoms with Gasteiger partial charge in [-0.25, -0.2) is 8.78 Å². The fourth-order valence-corrected chi connectivity index (χ4v) is 0.789. The Labute approximate surface area is 91.3 Å². The Bertz CT molecular complexity index is 251. The monoisotopic (exact) mass is 242 g/mol. The summed E-state index contributed by atoms with van der Waals surface area (Å²) < 4.78 is 52.2. The summed E-state index contributed by atoms with van der Waals surface area (Å²) in [6.07, 6.45) is -3.22. The Morgan fingerprint density at radius 1 is 1.38 bits per heavy atom. The average molecular weight is 242 g/mol. The fourth-order valence-electron chi connectivity index (χ4n) is 0.789. The molecule has 0 heterocycles. The molecule has 0 amide bonds. The first-order valence-corrected chi connectivity index (χ1v) is 4.65. The van der Waals surface area contributed by atoms with Crippen molar-refractivity contribution in [2.75, 3.05) is 13.2 Å². The number of carbonyl (C=O) groups is 1. The molecule has 94 valence electrons. The molecule has 0 N–H and O–H groups in total. The molecule has 0 aromatic carbocycles. The third kappa shape index (κ3) is 6.55. The van der Waals surface area contributed by atoms with Gasteiger partial charge >= 0.3 is 12.3 Å². The SMILES string of the molecule is C=C(C)CCC(=O)COCC(F)(F)C(F)F. The number of allylic oxidation sites excluding steroid dienone is 1. The second kappa shape index (κ2) is 6.62. The lowest BCUT2D eigenvalue weighted by molar-refractivity contribution is -0.168. The molecule has 0 aliphatic heterocycles. The number of ether oxygens (including phenoxy) is 1. The van der Waals surface area contributed by atoms with Gasteiger partial charge in [-0.2, -0.15) is 8.78 Å². The van der Waals surface area contributed by atoms with E-state index < -0.39 is 31.3 Å². The zero-order chi connectivity index (χ0) is 12.8. The van der Waals surface area contributed by atoms with Gasteiger partial charge in [0, 0.05) is 6.42 Å². The quantitative estimate of drug-likeness (QED) is 0.483. The van der Waals surface area contributed by atoms with Crippen LogP contribution in [-0.2, 0) is 9.53 Å². The molecule has 0 atom stereocenters. The molecular weight excluding hydrogens is 228 g/mol. The molecule has 0 saturated heterocycles. The maximum absolute atomic E-state index is 12.3. The average Bonchev–Trinajstić information content (AvgIpc) is 2.14. The maximum Gasteiger partial charge on any atom is 0.330 e. The summed E-state index contributed by atoms with van der Waals surface area (Å²) in [4.78, 5) is 11.0. The molecule has 0 aliphatic rings. The molecule has 16 heavy (non-hydrogen) atoms. The zero-order valence-corrected chi connectivity index (χ0v) is 8.94. The molecule has 0 rings (SSSR count). The van der Waals surface area contributed by atoms with E-state index in [1.807, 2.05) is 0 Å². The molecule has 0 fully saturated rings. The van der Waals surface area contributed by atoms with Crippen molar-refractivity contribution in [3.63, 3.8) is 0 Å². The molecule has 0 aromatic rings. The predicted octanol–water partition coefficient (Wildman–Crippen LogP) is 2.83. The van der Waals surface area contributed by atoms with E-state index in [0.717, 1.165) is 5.57 Å². The van der Waals surface area contributed by atoms with Crippen molar-refractivity contribution in [1.29, 1.82) is 0 Å². The van der Waals surface area contributed by atoms with Gasteiger partial charge in [0.05, 0.1) is 0 Å². The lowest BCUT2D eigenvalue weighted by Gasteiger charge is -2.14. The second-order valence-corrected chi connectivity index (χ2v) is 3.55. The van der Waals surface area contributed by atoms with Crippen LogP contribution in [0.1, 0.15) is 19.8 Å². The van der Waals surface area contributed by atoms with E-state index >= 15 is 0 Å². The van der Waals surface area contributed by atoms with Gasteiger partial charge in [-0.15, -0.1) is 6.58 Å². The van der Waals surface area contributed by atoms with Gasteiger partial charge in [0.15, 0.2) is 5.78 Å². The molecule has 0 bridgehead atoms. The molecule has 0 aromatic heterocycles. The molecule has 6 heteroatoms. The topological polar surface area (TPSA) is 26.3 Å². The summed E-state index contributed by atoms with van der Waals surface area (Å²) in [5.41, 5.74) is 0.784.